The van der Waals surface area contributed by atoms with Crippen LogP contribution >= 0.6 is 0 Å². The number of hydrogen-bond acceptors (Lipinski definition) is 2. The molecule has 0 saturated carbocycles. The lowest BCUT2D eigenvalue weighted by Gasteiger charge is -2.11. The Hall–Kier alpha value is -1.61. The van der Waals surface area contributed by atoms with E-state index in [9.17, 15) is 0 Å². The SMILES string of the molecule is Cc1ccc(CNC(C)c2ncc[nH]2)cc1. The van der Waals surface area contributed by atoms with Gasteiger partial charge in [-0.25, -0.2) is 4.98 Å². The molecule has 1 aromatic carbocycles. The third kappa shape index (κ3) is 2.70. The Bertz CT molecular complexity index is 417. The maximum Gasteiger partial charge on any atom is 0.122 e. The lowest BCUT2D eigenvalue weighted by molar-refractivity contribution is 0.551. The van der Waals surface area contributed by atoms with Gasteiger partial charge in [-0.2, -0.15) is 0 Å². The number of nitrogens with zero attached hydrogens (tertiary/aromatic N) is 1. The van der Waals surface area contributed by atoms with Crippen molar-refractivity contribution in [2.75, 3.05) is 0 Å². The molecular weight excluding hydrogens is 198 g/mol. The third-order valence-corrected chi connectivity index (χ3v) is 2.66. The molecule has 1 heterocycles. The Balaban J connectivity index is 1.90. The van der Waals surface area contributed by atoms with Crippen LogP contribution in [0.3, 0.4) is 0 Å². The summed E-state index contributed by atoms with van der Waals surface area (Å²) in [5.41, 5.74) is 2.59. The van der Waals surface area contributed by atoms with Crippen LogP contribution in [0.4, 0.5) is 0 Å². The zero-order valence-corrected chi connectivity index (χ0v) is 9.70. The number of imidazole rings is 1. The van der Waals surface area contributed by atoms with E-state index in [1.165, 1.54) is 11.1 Å². The fourth-order valence-corrected chi connectivity index (χ4v) is 1.59. The standard InChI is InChI=1S/C13H17N3/c1-10-3-5-12(6-4-10)9-16-11(2)13-14-7-8-15-13/h3-8,11,16H,9H2,1-2H3,(H,14,15). The van der Waals surface area contributed by atoms with Crippen LogP contribution in [0, 0.1) is 6.92 Å². The Morgan fingerprint density at radius 3 is 2.69 bits per heavy atom. The summed E-state index contributed by atoms with van der Waals surface area (Å²) in [6, 6.07) is 8.81. The zero-order chi connectivity index (χ0) is 11.4. The van der Waals surface area contributed by atoms with Crippen molar-refractivity contribution >= 4 is 0 Å². The Morgan fingerprint density at radius 1 is 1.31 bits per heavy atom. The molecule has 1 aromatic heterocycles. The molecule has 84 valence electrons. The summed E-state index contributed by atoms with van der Waals surface area (Å²) in [5.74, 6) is 0.979. The Kier molecular flexibility index (Phi) is 3.37. The number of aromatic nitrogens is 2. The first kappa shape index (κ1) is 10.9. The number of benzene rings is 1. The van der Waals surface area contributed by atoms with Gasteiger partial charge in [-0.15, -0.1) is 0 Å². The predicted molar refractivity (Wildman–Crippen MR) is 65.0 cm³/mol. The van der Waals surface area contributed by atoms with Gasteiger partial charge >= 0.3 is 0 Å². The molecule has 0 bridgehead atoms. The second kappa shape index (κ2) is 4.94. The fourth-order valence-electron chi connectivity index (χ4n) is 1.59. The smallest absolute Gasteiger partial charge is 0.122 e. The number of nitrogens with one attached hydrogen (secondary N) is 2. The normalized spacial score (nSPS) is 12.6. The lowest BCUT2D eigenvalue weighted by Crippen LogP contribution is -2.19. The molecule has 3 nitrogen and oxygen atoms in total. The number of hydrogen-bond donors (Lipinski definition) is 2. The summed E-state index contributed by atoms with van der Waals surface area (Å²) in [7, 11) is 0. The molecule has 1 unspecified atom stereocenters. The van der Waals surface area contributed by atoms with Crippen LogP contribution in [0.25, 0.3) is 0 Å². The summed E-state index contributed by atoms with van der Waals surface area (Å²) < 4.78 is 0. The van der Waals surface area contributed by atoms with Crippen molar-refractivity contribution in [1.82, 2.24) is 15.3 Å². The number of H-pyrrole nitrogens is 1. The molecule has 3 heteroatoms. The summed E-state index contributed by atoms with van der Waals surface area (Å²) in [4.78, 5) is 7.33. The summed E-state index contributed by atoms with van der Waals surface area (Å²) in [5, 5.41) is 3.43. The summed E-state index contributed by atoms with van der Waals surface area (Å²) in [6.45, 7) is 5.07. The number of aromatic amines is 1. The van der Waals surface area contributed by atoms with E-state index >= 15 is 0 Å². The first-order chi connectivity index (χ1) is 7.75. The highest BCUT2D eigenvalue weighted by Gasteiger charge is 2.05. The first-order valence-electron chi connectivity index (χ1n) is 5.54. The van der Waals surface area contributed by atoms with E-state index in [-0.39, 0.29) is 6.04 Å². The van der Waals surface area contributed by atoms with Crippen molar-refractivity contribution < 1.29 is 0 Å². The minimum Gasteiger partial charge on any atom is -0.347 e. The molecule has 0 amide bonds. The topological polar surface area (TPSA) is 40.7 Å². The molecule has 0 saturated heterocycles. The maximum absolute atomic E-state index is 4.22. The summed E-state index contributed by atoms with van der Waals surface area (Å²) in [6.07, 6.45) is 3.62. The van der Waals surface area contributed by atoms with Crippen molar-refractivity contribution in [3.05, 3.63) is 53.6 Å². The van der Waals surface area contributed by atoms with Crippen molar-refractivity contribution in [3.63, 3.8) is 0 Å². The average molecular weight is 215 g/mol. The van der Waals surface area contributed by atoms with Gasteiger partial charge in [0, 0.05) is 18.9 Å². The number of rotatable bonds is 4. The first-order valence-corrected chi connectivity index (χ1v) is 5.54. The van der Waals surface area contributed by atoms with Crippen LogP contribution < -0.4 is 5.32 Å². The van der Waals surface area contributed by atoms with E-state index in [0.717, 1.165) is 12.4 Å². The van der Waals surface area contributed by atoms with Crippen molar-refractivity contribution in [2.45, 2.75) is 26.4 Å². The van der Waals surface area contributed by atoms with Crippen LogP contribution in [0.1, 0.15) is 29.9 Å². The van der Waals surface area contributed by atoms with Gasteiger partial charge in [0.05, 0.1) is 6.04 Å². The van der Waals surface area contributed by atoms with E-state index in [4.69, 9.17) is 0 Å². The monoisotopic (exact) mass is 215 g/mol. The maximum atomic E-state index is 4.22. The van der Waals surface area contributed by atoms with Gasteiger partial charge in [0.1, 0.15) is 5.82 Å². The highest BCUT2D eigenvalue weighted by atomic mass is 15.0. The fraction of sp³-hybridized carbons (Fsp3) is 0.308. The second-order valence-electron chi connectivity index (χ2n) is 4.06. The minimum atomic E-state index is 0.247. The average Bonchev–Trinajstić information content (AvgIpc) is 2.81. The molecule has 1 atom stereocenters. The van der Waals surface area contributed by atoms with E-state index in [1.54, 1.807) is 6.20 Å². The molecule has 2 N–H and O–H groups in total. The third-order valence-electron chi connectivity index (χ3n) is 2.66. The van der Waals surface area contributed by atoms with E-state index in [2.05, 4.69) is 53.4 Å². The molecule has 0 radical (unpaired) electrons. The van der Waals surface area contributed by atoms with Crippen molar-refractivity contribution in [3.8, 4) is 0 Å². The van der Waals surface area contributed by atoms with Crippen LogP contribution in [-0.4, -0.2) is 9.97 Å². The highest BCUT2D eigenvalue weighted by Crippen LogP contribution is 2.08. The molecular formula is C13H17N3. The van der Waals surface area contributed by atoms with E-state index in [1.807, 2.05) is 6.20 Å². The minimum absolute atomic E-state index is 0.247. The van der Waals surface area contributed by atoms with Gasteiger partial charge in [-0.05, 0) is 19.4 Å². The Morgan fingerprint density at radius 2 is 2.06 bits per heavy atom. The van der Waals surface area contributed by atoms with Crippen molar-refractivity contribution in [2.24, 2.45) is 0 Å². The lowest BCUT2D eigenvalue weighted by atomic mass is 10.1. The van der Waals surface area contributed by atoms with Gasteiger partial charge in [-0.1, -0.05) is 29.8 Å². The molecule has 0 aliphatic carbocycles. The van der Waals surface area contributed by atoms with Gasteiger partial charge in [0.15, 0.2) is 0 Å². The molecule has 16 heavy (non-hydrogen) atoms. The van der Waals surface area contributed by atoms with Gasteiger partial charge < -0.3 is 10.3 Å². The number of aryl methyl sites for hydroxylation is 1. The van der Waals surface area contributed by atoms with Crippen LogP contribution in [0.2, 0.25) is 0 Å². The highest BCUT2D eigenvalue weighted by molar-refractivity contribution is 5.21. The molecule has 0 aliphatic rings. The molecule has 2 rings (SSSR count). The van der Waals surface area contributed by atoms with E-state index < -0.39 is 0 Å². The van der Waals surface area contributed by atoms with Crippen LogP contribution in [0.5, 0.6) is 0 Å². The molecule has 2 aromatic rings. The molecule has 0 spiro atoms. The van der Waals surface area contributed by atoms with Crippen LogP contribution in [0.15, 0.2) is 36.7 Å². The molecule has 0 aliphatic heterocycles. The van der Waals surface area contributed by atoms with Gasteiger partial charge in [-0.3, -0.25) is 0 Å². The summed E-state index contributed by atoms with van der Waals surface area (Å²) >= 11 is 0. The van der Waals surface area contributed by atoms with Crippen molar-refractivity contribution in [1.29, 1.82) is 0 Å². The van der Waals surface area contributed by atoms with Gasteiger partial charge in [0.25, 0.3) is 0 Å². The largest absolute Gasteiger partial charge is 0.347 e. The van der Waals surface area contributed by atoms with Crippen LogP contribution in [-0.2, 0) is 6.54 Å². The van der Waals surface area contributed by atoms with Gasteiger partial charge in [0.2, 0.25) is 0 Å². The predicted octanol–water partition coefficient (Wildman–Crippen LogP) is 2.57. The zero-order valence-electron chi connectivity index (χ0n) is 9.70. The second-order valence-corrected chi connectivity index (χ2v) is 4.06. The Labute approximate surface area is 95.9 Å². The molecule has 0 fully saturated rings. The van der Waals surface area contributed by atoms with E-state index in [0.29, 0.717) is 0 Å². The quantitative estimate of drug-likeness (QED) is 0.823.